The second kappa shape index (κ2) is 4.96. The Morgan fingerprint density at radius 1 is 1.65 bits per heavy atom. The van der Waals surface area contributed by atoms with Gasteiger partial charge >= 0.3 is 5.97 Å². The fraction of sp³-hybridized carbons (Fsp3) is 0.300. The van der Waals surface area contributed by atoms with Gasteiger partial charge in [0, 0.05) is 10.9 Å². The number of thiazole rings is 1. The summed E-state index contributed by atoms with van der Waals surface area (Å²) in [6.45, 7) is 2.30. The van der Waals surface area contributed by atoms with Crippen molar-refractivity contribution in [1.29, 1.82) is 0 Å². The molecule has 7 heteroatoms. The summed E-state index contributed by atoms with van der Waals surface area (Å²) in [4.78, 5) is 16.3. The van der Waals surface area contributed by atoms with Crippen molar-refractivity contribution in [3.63, 3.8) is 0 Å². The fourth-order valence-corrected chi connectivity index (χ4v) is 2.05. The standard InChI is InChI=1S/C10H11N3O3S/c1-6-8(9(14)15-2)13-10(17-6)11-5-7-3-4-12-16-7/h3-4H,5H2,1-2H3,(H,11,13). The number of ether oxygens (including phenoxy) is 1. The molecule has 6 nitrogen and oxygen atoms in total. The number of esters is 1. The van der Waals surface area contributed by atoms with Gasteiger partial charge in [-0.05, 0) is 6.92 Å². The maximum Gasteiger partial charge on any atom is 0.357 e. The van der Waals surface area contributed by atoms with E-state index < -0.39 is 5.97 Å². The zero-order chi connectivity index (χ0) is 12.3. The Morgan fingerprint density at radius 3 is 3.12 bits per heavy atom. The zero-order valence-corrected chi connectivity index (χ0v) is 10.2. The summed E-state index contributed by atoms with van der Waals surface area (Å²) in [5, 5.41) is 7.30. The molecule has 0 aliphatic rings. The van der Waals surface area contributed by atoms with Gasteiger partial charge in [0.1, 0.15) is 0 Å². The van der Waals surface area contributed by atoms with Gasteiger partial charge in [0.2, 0.25) is 0 Å². The van der Waals surface area contributed by atoms with Crippen molar-refractivity contribution in [1.82, 2.24) is 10.1 Å². The maximum absolute atomic E-state index is 11.3. The first-order valence-electron chi connectivity index (χ1n) is 4.90. The van der Waals surface area contributed by atoms with Crippen LogP contribution in [0.25, 0.3) is 0 Å². The molecule has 0 aliphatic heterocycles. The number of rotatable bonds is 4. The van der Waals surface area contributed by atoms with E-state index in [0.717, 1.165) is 4.88 Å². The van der Waals surface area contributed by atoms with Crippen LogP contribution in [-0.2, 0) is 11.3 Å². The van der Waals surface area contributed by atoms with Crippen LogP contribution in [0.5, 0.6) is 0 Å². The van der Waals surface area contributed by atoms with Crippen molar-refractivity contribution >= 4 is 22.4 Å². The third kappa shape index (κ3) is 2.62. The number of carbonyl (C=O) groups excluding carboxylic acids is 1. The highest BCUT2D eigenvalue weighted by atomic mass is 32.1. The molecule has 0 spiro atoms. The number of methoxy groups -OCH3 is 1. The van der Waals surface area contributed by atoms with Crippen molar-refractivity contribution in [3.05, 3.63) is 28.6 Å². The minimum atomic E-state index is -0.425. The van der Waals surface area contributed by atoms with E-state index in [1.807, 2.05) is 6.92 Å². The molecule has 0 fully saturated rings. The Labute approximate surface area is 102 Å². The Balaban J connectivity index is 2.05. The van der Waals surface area contributed by atoms with Gasteiger partial charge in [-0.1, -0.05) is 5.16 Å². The topological polar surface area (TPSA) is 77.2 Å². The number of aromatic nitrogens is 2. The summed E-state index contributed by atoms with van der Waals surface area (Å²) in [6.07, 6.45) is 1.57. The van der Waals surface area contributed by atoms with Gasteiger partial charge in [-0.15, -0.1) is 11.3 Å². The van der Waals surface area contributed by atoms with Crippen molar-refractivity contribution in [2.45, 2.75) is 13.5 Å². The van der Waals surface area contributed by atoms with Crippen molar-refractivity contribution < 1.29 is 14.1 Å². The van der Waals surface area contributed by atoms with Crippen LogP contribution in [0, 0.1) is 6.92 Å². The normalized spacial score (nSPS) is 10.2. The van der Waals surface area contributed by atoms with Crippen LogP contribution in [0.3, 0.4) is 0 Å². The van der Waals surface area contributed by atoms with E-state index in [0.29, 0.717) is 23.1 Å². The molecule has 0 radical (unpaired) electrons. The molecule has 0 aromatic carbocycles. The van der Waals surface area contributed by atoms with Crippen LogP contribution in [-0.4, -0.2) is 23.2 Å². The van der Waals surface area contributed by atoms with E-state index >= 15 is 0 Å². The molecule has 0 aliphatic carbocycles. The molecule has 1 N–H and O–H groups in total. The van der Waals surface area contributed by atoms with Crippen molar-refractivity contribution in [2.24, 2.45) is 0 Å². The first-order chi connectivity index (χ1) is 8.20. The van der Waals surface area contributed by atoms with Gasteiger partial charge in [0.25, 0.3) is 0 Å². The highest BCUT2D eigenvalue weighted by Crippen LogP contribution is 2.23. The summed E-state index contributed by atoms with van der Waals surface area (Å²) in [5.41, 5.74) is 0.345. The third-order valence-electron chi connectivity index (χ3n) is 2.08. The van der Waals surface area contributed by atoms with Crippen LogP contribution in [0.15, 0.2) is 16.8 Å². The number of hydrogen-bond donors (Lipinski definition) is 1. The molecule has 0 saturated carbocycles. The largest absolute Gasteiger partial charge is 0.464 e. The fourth-order valence-electron chi connectivity index (χ4n) is 1.25. The molecule has 2 aromatic heterocycles. The number of carbonyl (C=O) groups is 1. The maximum atomic E-state index is 11.3. The predicted octanol–water partition coefficient (Wildman–Crippen LogP) is 1.84. The van der Waals surface area contributed by atoms with E-state index in [1.54, 1.807) is 12.3 Å². The van der Waals surface area contributed by atoms with E-state index in [1.165, 1.54) is 18.4 Å². The molecule has 0 saturated heterocycles. The average Bonchev–Trinajstić information content (AvgIpc) is 2.94. The number of hydrogen-bond acceptors (Lipinski definition) is 7. The number of aryl methyl sites for hydroxylation is 1. The molecular formula is C10H11N3O3S. The molecule has 2 aromatic rings. The predicted molar refractivity (Wildman–Crippen MR) is 62.0 cm³/mol. The summed E-state index contributed by atoms with van der Waals surface area (Å²) in [6, 6.07) is 1.76. The molecule has 90 valence electrons. The van der Waals surface area contributed by atoms with Crippen molar-refractivity contribution in [2.75, 3.05) is 12.4 Å². The number of nitrogens with one attached hydrogen (secondary N) is 1. The summed E-state index contributed by atoms with van der Waals surface area (Å²) >= 11 is 1.39. The second-order valence-electron chi connectivity index (χ2n) is 3.25. The summed E-state index contributed by atoms with van der Waals surface area (Å²) < 4.78 is 9.56. The molecule has 17 heavy (non-hydrogen) atoms. The number of nitrogens with zero attached hydrogens (tertiary/aromatic N) is 2. The molecule has 0 atom stereocenters. The van der Waals surface area contributed by atoms with E-state index in [4.69, 9.17) is 4.52 Å². The molecule has 0 bridgehead atoms. The molecule has 0 unspecified atom stereocenters. The summed E-state index contributed by atoms with van der Waals surface area (Å²) in [7, 11) is 1.34. The summed E-state index contributed by atoms with van der Waals surface area (Å²) in [5.74, 6) is 0.281. The third-order valence-corrected chi connectivity index (χ3v) is 3.01. The second-order valence-corrected chi connectivity index (χ2v) is 4.45. The Bertz CT molecular complexity index is 507. The quantitative estimate of drug-likeness (QED) is 0.838. The molecule has 2 heterocycles. The molecule has 2 rings (SSSR count). The highest BCUT2D eigenvalue weighted by molar-refractivity contribution is 7.15. The van der Waals surface area contributed by atoms with Gasteiger partial charge in [-0.2, -0.15) is 0 Å². The minimum absolute atomic E-state index is 0.345. The first kappa shape index (κ1) is 11.6. The number of anilines is 1. The Hall–Kier alpha value is -1.89. The smallest absolute Gasteiger partial charge is 0.357 e. The van der Waals surface area contributed by atoms with Crippen LogP contribution in [0.4, 0.5) is 5.13 Å². The van der Waals surface area contributed by atoms with E-state index in [2.05, 4.69) is 20.2 Å². The van der Waals surface area contributed by atoms with Gasteiger partial charge in [0.15, 0.2) is 16.6 Å². The Kier molecular flexibility index (Phi) is 3.38. The van der Waals surface area contributed by atoms with Crippen LogP contribution < -0.4 is 5.32 Å². The van der Waals surface area contributed by atoms with Gasteiger partial charge in [-0.25, -0.2) is 9.78 Å². The lowest BCUT2D eigenvalue weighted by Gasteiger charge is -1.97. The zero-order valence-electron chi connectivity index (χ0n) is 9.39. The highest BCUT2D eigenvalue weighted by Gasteiger charge is 2.15. The van der Waals surface area contributed by atoms with Crippen LogP contribution in [0.2, 0.25) is 0 Å². The Morgan fingerprint density at radius 2 is 2.47 bits per heavy atom. The lowest BCUT2D eigenvalue weighted by molar-refractivity contribution is 0.0594. The van der Waals surface area contributed by atoms with Gasteiger partial charge in [-0.3, -0.25) is 0 Å². The van der Waals surface area contributed by atoms with Gasteiger partial charge in [0.05, 0.1) is 19.9 Å². The lowest BCUT2D eigenvalue weighted by atomic mass is 10.4. The van der Waals surface area contributed by atoms with E-state index in [-0.39, 0.29) is 0 Å². The van der Waals surface area contributed by atoms with Crippen molar-refractivity contribution in [3.8, 4) is 0 Å². The van der Waals surface area contributed by atoms with Gasteiger partial charge < -0.3 is 14.6 Å². The molecular weight excluding hydrogens is 242 g/mol. The van der Waals surface area contributed by atoms with Crippen LogP contribution >= 0.6 is 11.3 Å². The van der Waals surface area contributed by atoms with Crippen LogP contribution in [0.1, 0.15) is 21.1 Å². The minimum Gasteiger partial charge on any atom is -0.464 e. The average molecular weight is 253 g/mol. The SMILES string of the molecule is COC(=O)c1nc(NCc2ccno2)sc1C. The first-order valence-corrected chi connectivity index (χ1v) is 5.71. The molecule has 0 amide bonds. The lowest BCUT2D eigenvalue weighted by Crippen LogP contribution is -2.04. The van der Waals surface area contributed by atoms with E-state index in [9.17, 15) is 4.79 Å². The monoisotopic (exact) mass is 253 g/mol.